The van der Waals surface area contributed by atoms with Crippen molar-refractivity contribution < 1.29 is 9.53 Å². The van der Waals surface area contributed by atoms with Gasteiger partial charge in [0.2, 0.25) is 0 Å². The maximum atomic E-state index is 11.9. The normalized spacial score (nSPS) is 18.1. The van der Waals surface area contributed by atoms with Gasteiger partial charge in [-0.2, -0.15) is 0 Å². The van der Waals surface area contributed by atoms with Gasteiger partial charge in [0, 0.05) is 6.20 Å². The Balaban J connectivity index is 2.00. The molecule has 0 saturated carbocycles. The van der Waals surface area contributed by atoms with Crippen LogP contribution >= 0.6 is 11.8 Å². The monoisotopic (exact) mass is 247 g/mol. The number of ether oxygens (including phenoxy) is 1. The maximum Gasteiger partial charge on any atom is 0.420 e. The van der Waals surface area contributed by atoms with Crippen molar-refractivity contribution in [2.75, 3.05) is 0 Å². The summed E-state index contributed by atoms with van der Waals surface area (Å²) in [7, 11) is 0. The van der Waals surface area contributed by atoms with E-state index in [4.69, 9.17) is 4.74 Å². The first-order valence-electron chi connectivity index (χ1n) is 5.29. The molecule has 1 heterocycles. The number of para-hydroxylation sites is 1. The van der Waals surface area contributed by atoms with Crippen LogP contribution in [0.4, 0.5) is 4.79 Å². The van der Waals surface area contributed by atoms with E-state index in [-0.39, 0.29) is 11.5 Å². The van der Waals surface area contributed by atoms with Crippen LogP contribution in [0.1, 0.15) is 6.42 Å². The van der Waals surface area contributed by atoms with Crippen molar-refractivity contribution in [3.8, 4) is 5.75 Å². The van der Waals surface area contributed by atoms with Crippen LogP contribution in [0.3, 0.4) is 0 Å². The molecular weight excluding hydrogens is 234 g/mol. The lowest BCUT2D eigenvalue weighted by Gasteiger charge is -2.20. The van der Waals surface area contributed by atoms with Crippen LogP contribution in [0.25, 0.3) is 0 Å². The maximum absolute atomic E-state index is 11.9. The highest BCUT2D eigenvalue weighted by molar-refractivity contribution is 8.02. The molecule has 0 saturated heterocycles. The van der Waals surface area contributed by atoms with Gasteiger partial charge in [-0.05, 0) is 24.0 Å². The van der Waals surface area contributed by atoms with E-state index in [0.29, 0.717) is 5.75 Å². The van der Waals surface area contributed by atoms with E-state index in [1.807, 2.05) is 23.6 Å². The van der Waals surface area contributed by atoms with Crippen molar-refractivity contribution in [1.29, 1.82) is 0 Å². The van der Waals surface area contributed by atoms with Crippen LogP contribution in [-0.4, -0.2) is 16.4 Å². The second kappa shape index (κ2) is 5.59. The molecule has 0 N–H and O–H groups in total. The number of carbonyl (C=O) groups is 1. The molecule has 1 unspecified atom stereocenters. The minimum atomic E-state index is -0.357. The van der Waals surface area contributed by atoms with E-state index in [1.165, 1.54) is 0 Å². The fourth-order valence-corrected chi connectivity index (χ4v) is 2.40. The highest BCUT2D eigenvalue weighted by Gasteiger charge is 2.26. The first-order valence-corrected chi connectivity index (χ1v) is 6.24. The van der Waals surface area contributed by atoms with Crippen LogP contribution in [0.2, 0.25) is 0 Å². The number of benzene rings is 1. The van der Waals surface area contributed by atoms with Crippen molar-refractivity contribution >= 4 is 17.9 Å². The Morgan fingerprint density at radius 3 is 2.94 bits per heavy atom. The molecule has 1 aliphatic heterocycles. The summed E-state index contributed by atoms with van der Waals surface area (Å²) in [5.41, 5.74) is 0. The van der Waals surface area contributed by atoms with E-state index in [0.717, 1.165) is 6.42 Å². The number of nitrogens with zero attached hydrogens (tertiary/aromatic N) is 1. The standard InChI is InChI=1S/C13H13NO2S/c1-2-6-12-14(9-10-17-12)13(15)16-11-7-4-3-5-8-11/h2-5,7-10,12H,1,6H2. The summed E-state index contributed by atoms with van der Waals surface area (Å²) in [6.45, 7) is 3.68. The molecule has 0 spiro atoms. The SMILES string of the molecule is C=CCC1SC=CN1C(=O)Oc1ccccc1. The van der Waals surface area contributed by atoms with Crippen LogP contribution in [-0.2, 0) is 0 Å². The van der Waals surface area contributed by atoms with Crippen molar-refractivity contribution in [2.24, 2.45) is 0 Å². The topological polar surface area (TPSA) is 29.5 Å². The Bertz CT molecular complexity index is 430. The first kappa shape index (κ1) is 11.8. The van der Waals surface area contributed by atoms with Crippen LogP contribution in [0.15, 0.2) is 54.6 Å². The minimum absolute atomic E-state index is 0.0590. The fraction of sp³-hybridized carbons (Fsp3) is 0.154. The number of rotatable bonds is 3. The van der Waals surface area contributed by atoms with Gasteiger partial charge in [-0.1, -0.05) is 24.3 Å². The zero-order valence-electron chi connectivity index (χ0n) is 9.28. The number of hydrogen-bond acceptors (Lipinski definition) is 3. The summed E-state index contributed by atoms with van der Waals surface area (Å²) < 4.78 is 5.26. The molecule has 88 valence electrons. The molecule has 1 amide bonds. The van der Waals surface area contributed by atoms with Crippen LogP contribution < -0.4 is 4.74 Å². The van der Waals surface area contributed by atoms with Crippen LogP contribution in [0, 0.1) is 0 Å². The largest absolute Gasteiger partial charge is 0.420 e. The Morgan fingerprint density at radius 1 is 1.47 bits per heavy atom. The van der Waals surface area contributed by atoms with E-state index < -0.39 is 0 Å². The molecule has 0 radical (unpaired) electrons. The van der Waals surface area contributed by atoms with Gasteiger partial charge in [-0.15, -0.1) is 18.3 Å². The van der Waals surface area contributed by atoms with E-state index >= 15 is 0 Å². The zero-order chi connectivity index (χ0) is 12.1. The highest BCUT2D eigenvalue weighted by atomic mass is 32.2. The molecule has 1 aromatic rings. The third-order valence-corrected chi connectivity index (χ3v) is 3.31. The van der Waals surface area contributed by atoms with E-state index in [2.05, 4.69) is 6.58 Å². The fourth-order valence-electron chi connectivity index (χ4n) is 1.49. The van der Waals surface area contributed by atoms with E-state index in [9.17, 15) is 4.79 Å². The molecule has 2 rings (SSSR count). The zero-order valence-corrected chi connectivity index (χ0v) is 10.1. The lowest BCUT2D eigenvalue weighted by molar-refractivity contribution is 0.168. The number of carbonyl (C=O) groups excluding carboxylic acids is 1. The minimum Gasteiger partial charge on any atom is -0.410 e. The molecule has 4 heteroatoms. The first-order chi connectivity index (χ1) is 8.31. The van der Waals surface area contributed by atoms with Gasteiger partial charge >= 0.3 is 6.09 Å². The molecule has 17 heavy (non-hydrogen) atoms. The van der Waals surface area contributed by atoms with Gasteiger partial charge in [0.1, 0.15) is 5.75 Å². The summed E-state index contributed by atoms with van der Waals surface area (Å²) in [4.78, 5) is 13.5. The molecule has 1 aromatic carbocycles. The Labute approximate surface area is 105 Å². The molecular formula is C13H13NO2S. The average Bonchev–Trinajstić information content (AvgIpc) is 2.79. The molecule has 0 fully saturated rings. The summed E-state index contributed by atoms with van der Waals surface area (Å²) in [6, 6.07) is 9.06. The molecule has 0 bridgehead atoms. The molecule has 1 atom stereocenters. The van der Waals surface area contributed by atoms with Gasteiger partial charge in [0.25, 0.3) is 0 Å². The highest BCUT2D eigenvalue weighted by Crippen LogP contribution is 2.28. The quantitative estimate of drug-likeness (QED) is 0.764. The van der Waals surface area contributed by atoms with Crippen molar-refractivity contribution in [1.82, 2.24) is 4.90 Å². The third-order valence-electron chi connectivity index (χ3n) is 2.29. The smallest absolute Gasteiger partial charge is 0.410 e. The average molecular weight is 247 g/mol. The number of hydrogen-bond donors (Lipinski definition) is 0. The third kappa shape index (κ3) is 2.91. The predicted octanol–water partition coefficient (Wildman–Crippen LogP) is 3.61. The summed E-state index contributed by atoms with van der Waals surface area (Å²) in [6.07, 6.45) is 3.92. The second-order valence-electron chi connectivity index (χ2n) is 3.49. The summed E-state index contributed by atoms with van der Waals surface area (Å²) in [5, 5.41) is 1.95. The van der Waals surface area contributed by atoms with Crippen molar-refractivity contribution in [3.05, 3.63) is 54.6 Å². The number of thioether (sulfide) groups is 1. The van der Waals surface area contributed by atoms with Gasteiger partial charge < -0.3 is 4.74 Å². The van der Waals surface area contributed by atoms with Gasteiger partial charge in [0.05, 0.1) is 5.37 Å². The summed E-state index contributed by atoms with van der Waals surface area (Å²) >= 11 is 1.59. The van der Waals surface area contributed by atoms with E-state index in [1.54, 1.807) is 41.1 Å². The van der Waals surface area contributed by atoms with Crippen LogP contribution in [0.5, 0.6) is 5.75 Å². The van der Waals surface area contributed by atoms with Crippen molar-refractivity contribution in [3.63, 3.8) is 0 Å². The van der Waals surface area contributed by atoms with Gasteiger partial charge in [-0.3, -0.25) is 4.90 Å². The Kier molecular flexibility index (Phi) is 3.88. The molecule has 0 aromatic heterocycles. The molecule has 1 aliphatic rings. The summed E-state index contributed by atoms with van der Waals surface area (Å²) in [5.74, 6) is 0.556. The Hall–Kier alpha value is -1.68. The second-order valence-corrected chi connectivity index (χ2v) is 4.58. The Morgan fingerprint density at radius 2 is 2.24 bits per heavy atom. The molecule has 3 nitrogen and oxygen atoms in total. The lowest BCUT2D eigenvalue weighted by Crippen LogP contribution is -2.33. The predicted molar refractivity (Wildman–Crippen MR) is 69.6 cm³/mol. The molecule has 0 aliphatic carbocycles. The number of amides is 1. The van der Waals surface area contributed by atoms with Gasteiger partial charge in [-0.25, -0.2) is 4.79 Å². The van der Waals surface area contributed by atoms with Gasteiger partial charge in [0.15, 0.2) is 0 Å². The van der Waals surface area contributed by atoms with Crippen molar-refractivity contribution in [2.45, 2.75) is 11.8 Å². The lowest BCUT2D eigenvalue weighted by atomic mass is 10.3.